The maximum absolute atomic E-state index is 12.3. The summed E-state index contributed by atoms with van der Waals surface area (Å²) in [6.45, 7) is 3.33. The molecule has 0 saturated heterocycles. The van der Waals surface area contributed by atoms with Gasteiger partial charge in [0.15, 0.2) is 6.10 Å². The molecule has 0 aliphatic carbocycles. The van der Waals surface area contributed by atoms with E-state index in [9.17, 15) is 9.59 Å². The molecule has 1 amide bonds. The van der Waals surface area contributed by atoms with Crippen molar-refractivity contribution in [2.75, 3.05) is 19.5 Å². The van der Waals surface area contributed by atoms with Crippen molar-refractivity contribution in [1.82, 2.24) is 0 Å². The maximum Gasteiger partial charge on any atom is 0.331 e. The van der Waals surface area contributed by atoms with Gasteiger partial charge in [0.05, 0.1) is 14.2 Å². The lowest BCUT2D eigenvalue weighted by Crippen LogP contribution is -2.29. The van der Waals surface area contributed by atoms with E-state index < -0.39 is 18.0 Å². The third-order valence-corrected chi connectivity index (χ3v) is 4.19. The number of aryl methyl sites for hydroxylation is 1. The van der Waals surface area contributed by atoms with Crippen LogP contribution in [0.5, 0.6) is 11.5 Å². The third-order valence-electron chi connectivity index (χ3n) is 3.96. The van der Waals surface area contributed by atoms with Crippen LogP contribution in [0.1, 0.15) is 18.1 Å². The lowest BCUT2D eigenvalue weighted by Gasteiger charge is -2.14. The van der Waals surface area contributed by atoms with E-state index in [-0.39, 0.29) is 0 Å². The van der Waals surface area contributed by atoms with E-state index >= 15 is 0 Å². The Hall–Kier alpha value is -2.99. The van der Waals surface area contributed by atoms with Crippen molar-refractivity contribution in [3.8, 4) is 11.5 Å². The molecule has 1 atom stereocenters. The van der Waals surface area contributed by atoms with Gasteiger partial charge in [-0.05, 0) is 55.8 Å². The molecule has 2 aromatic carbocycles. The van der Waals surface area contributed by atoms with Crippen LogP contribution in [0, 0.1) is 6.92 Å². The van der Waals surface area contributed by atoms with Crippen LogP contribution in [-0.2, 0) is 14.3 Å². The largest absolute Gasteiger partial charge is 0.497 e. The lowest BCUT2D eigenvalue weighted by atomic mass is 10.1. The van der Waals surface area contributed by atoms with Gasteiger partial charge >= 0.3 is 5.97 Å². The van der Waals surface area contributed by atoms with Gasteiger partial charge in [0.25, 0.3) is 5.91 Å². The molecule has 0 aromatic heterocycles. The van der Waals surface area contributed by atoms with E-state index in [0.717, 1.165) is 5.56 Å². The zero-order valence-corrected chi connectivity index (χ0v) is 16.9. The standard InChI is InChI=1S/C21H22ClNO5/c1-13-5-7-16(22)12-18(13)23-21(25)14(2)28-20(24)10-6-15-11-17(26-3)8-9-19(15)27-4/h5-12,14H,1-4H3,(H,23,25)/b10-6+. The van der Waals surface area contributed by atoms with E-state index in [4.69, 9.17) is 25.8 Å². The van der Waals surface area contributed by atoms with E-state index in [1.807, 2.05) is 6.92 Å². The topological polar surface area (TPSA) is 73.9 Å². The van der Waals surface area contributed by atoms with Gasteiger partial charge in [0.2, 0.25) is 0 Å². The highest BCUT2D eigenvalue weighted by molar-refractivity contribution is 6.31. The molecule has 0 spiro atoms. The predicted molar refractivity (Wildman–Crippen MR) is 109 cm³/mol. The molecule has 28 heavy (non-hydrogen) atoms. The molecular formula is C21H22ClNO5. The number of hydrogen-bond acceptors (Lipinski definition) is 5. The van der Waals surface area contributed by atoms with Crippen LogP contribution >= 0.6 is 11.6 Å². The number of nitrogens with one attached hydrogen (secondary N) is 1. The van der Waals surface area contributed by atoms with Gasteiger partial charge in [-0.15, -0.1) is 0 Å². The van der Waals surface area contributed by atoms with E-state index in [0.29, 0.717) is 27.8 Å². The number of rotatable bonds is 7. The number of esters is 1. The molecule has 2 aromatic rings. The van der Waals surface area contributed by atoms with Crippen molar-refractivity contribution < 1.29 is 23.8 Å². The van der Waals surface area contributed by atoms with Gasteiger partial charge in [0.1, 0.15) is 11.5 Å². The van der Waals surface area contributed by atoms with Crippen molar-refractivity contribution in [3.63, 3.8) is 0 Å². The van der Waals surface area contributed by atoms with Crippen molar-refractivity contribution in [3.05, 3.63) is 58.6 Å². The highest BCUT2D eigenvalue weighted by Gasteiger charge is 2.17. The first-order chi connectivity index (χ1) is 13.3. The number of ether oxygens (including phenoxy) is 3. The average molecular weight is 404 g/mol. The summed E-state index contributed by atoms with van der Waals surface area (Å²) in [6, 6.07) is 10.4. The van der Waals surface area contributed by atoms with Crippen molar-refractivity contribution in [2.24, 2.45) is 0 Å². The summed E-state index contributed by atoms with van der Waals surface area (Å²) in [5.41, 5.74) is 2.06. The number of halogens is 1. The zero-order valence-electron chi connectivity index (χ0n) is 16.1. The van der Waals surface area contributed by atoms with Gasteiger partial charge in [-0.25, -0.2) is 4.79 Å². The molecule has 148 valence electrons. The first kappa shape index (κ1) is 21.3. The number of hydrogen-bond donors (Lipinski definition) is 1. The molecule has 2 rings (SSSR count). The molecule has 0 aliphatic heterocycles. The lowest BCUT2D eigenvalue weighted by molar-refractivity contribution is -0.148. The van der Waals surface area contributed by atoms with E-state index in [2.05, 4.69) is 5.32 Å². The van der Waals surface area contributed by atoms with Crippen LogP contribution in [0.3, 0.4) is 0 Å². The Bertz CT molecular complexity index is 894. The second-order valence-electron chi connectivity index (χ2n) is 5.97. The van der Waals surface area contributed by atoms with Crippen LogP contribution in [0.25, 0.3) is 6.08 Å². The summed E-state index contributed by atoms with van der Waals surface area (Å²) < 4.78 is 15.6. The van der Waals surface area contributed by atoms with Gasteiger partial charge in [-0.3, -0.25) is 4.79 Å². The molecular weight excluding hydrogens is 382 g/mol. The second kappa shape index (κ2) is 9.80. The quantitative estimate of drug-likeness (QED) is 0.552. The van der Waals surface area contributed by atoms with Crippen molar-refractivity contribution >= 4 is 35.2 Å². The minimum absolute atomic E-state index is 0.453. The number of methoxy groups -OCH3 is 2. The minimum Gasteiger partial charge on any atom is -0.497 e. The fourth-order valence-electron chi connectivity index (χ4n) is 2.36. The number of anilines is 1. The number of carbonyl (C=O) groups is 2. The molecule has 0 bridgehead atoms. The summed E-state index contributed by atoms with van der Waals surface area (Å²) in [5.74, 6) is 0.0898. The van der Waals surface area contributed by atoms with E-state index in [1.165, 1.54) is 26.2 Å². The first-order valence-corrected chi connectivity index (χ1v) is 8.89. The molecule has 6 nitrogen and oxygen atoms in total. The number of carbonyl (C=O) groups excluding carboxylic acids is 2. The summed E-state index contributed by atoms with van der Waals surface area (Å²) in [5, 5.41) is 3.20. The van der Waals surface area contributed by atoms with Crippen LogP contribution in [0.4, 0.5) is 5.69 Å². The minimum atomic E-state index is -0.984. The fourth-order valence-corrected chi connectivity index (χ4v) is 2.53. The molecule has 0 radical (unpaired) electrons. The van der Waals surface area contributed by atoms with Gasteiger partial charge in [-0.1, -0.05) is 17.7 Å². The predicted octanol–water partition coefficient (Wildman–Crippen LogP) is 4.25. The van der Waals surface area contributed by atoms with Crippen LogP contribution in [0.2, 0.25) is 5.02 Å². The molecule has 0 fully saturated rings. The molecule has 1 unspecified atom stereocenters. The number of benzene rings is 2. The number of amides is 1. The molecule has 7 heteroatoms. The fraction of sp³-hybridized carbons (Fsp3) is 0.238. The van der Waals surface area contributed by atoms with Gasteiger partial charge in [0, 0.05) is 22.3 Å². The van der Waals surface area contributed by atoms with Crippen LogP contribution in [0.15, 0.2) is 42.5 Å². The highest BCUT2D eigenvalue weighted by Crippen LogP contribution is 2.25. The van der Waals surface area contributed by atoms with Crippen molar-refractivity contribution in [1.29, 1.82) is 0 Å². The Labute approximate surface area is 169 Å². The monoisotopic (exact) mass is 403 g/mol. The van der Waals surface area contributed by atoms with Crippen LogP contribution in [-0.4, -0.2) is 32.2 Å². The SMILES string of the molecule is COc1ccc(OC)c(/C=C/C(=O)OC(C)C(=O)Nc2cc(Cl)ccc2C)c1. The molecule has 0 aliphatic rings. The zero-order chi connectivity index (χ0) is 20.7. The molecule has 0 heterocycles. The molecule has 0 saturated carbocycles. The van der Waals surface area contributed by atoms with Gasteiger partial charge < -0.3 is 19.5 Å². The Morgan fingerprint density at radius 1 is 1.11 bits per heavy atom. The van der Waals surface area contributed by atoms with E-state index in [1.54, 1.807) is 43.5 Å². The second-order valence-corrected chi connectivity index (χ2v) is 6.41. The maximum atomic E-state index is 12.3. The summed E-state index contributed by atoms with van der Waals surface area (Å²) in [4.78, 5) is 24.4. The molecule has 1 N–H and O–H groups in total. The Morgan fingerprint density at radius 3 is 2.54 bits per heavy atom. The van der Waals surface area contributed by atoms with Crippen molar-refractivity contribution in [2.45, 2.75) is 20.0 Å². The Kier molecular flexibility index (Phi) is 7.46. The summed E-state index contributed by atoms with van der Waals surface area (Å²) in [6.07, 6.45) is 1.78. The summed E-state index contributed by atoms with van der Waals surface area (Å²) >= 11 is 5.94. The third kappa shape index (κ3) is 5.76. The normalized spacial score (nSPS) is 11.8. The Morgan fingerprint density at radius 2 is 1.86 bits per heavy atom. The Balaban J connectivity index is 2.01. The van der Waals surface area contributed by atoms with Gasteiger partial charge in [-0.2, -0.15) is 0 Å². The first-order valence-electron chi connectivity index (χ1n) is 8.51. The average Bonchev–Trinajstić information content (AvgIpc) is 2.68. The smallest absolute Gasteiger partial charge is 0.331 e. The highest BCUT2D eigenvalue weighted by atomic mass is 35.5. The summed E-state index contributed by atoms with van der Waals surface area (Å²) in [7, 11) is 3.08. The van der Waals surface area contributed by atoms with Crippen LogP contribution < -0.4 is 14.8 Å².